The quantitative estimate of drug-likeness (QED) is 0.701. The molecule has 1 fully saturated rings. The van der Waals surface area contributed by atoms with E-state index in [1.165, 1.54) is 32.1 Å². The van der Waals surface area contributed by atoms with Gasteiger partial charge in [-0.15, -0.1) is 0 Å². The van der Waals surface area contributed by atoms with Crippen LogP contribution in [0.1, 0.15) is 59.8 Å². The third-order valence-electron chi connectivity index (χ3n) is 3.71. The molecule has 1 aliphatic carbocycles. The summed E-state index contributed by atoms with van der Waals surface area (Å²) in [6.07, 6.45) is 7.05. The maximum Gasteiger partial charge on any atom is 0.0772 e. The van der Waals surface area contributed by atoms with Crippen LogP contribution in [0.5, 0.6) is 0 Å². The molecule has 2 nitrogen and oxygen atoms in total. The van der Waals surface area contributed by atoms with Crippen molar-refractivity contribution in [3.63, 3.8) is 0 Å². The fraction of sp³-hybridized carbons (Fsp3) is 1.00. The molecular weight excluding hydrogens is 210 g/mol. The summed E-state index contributed by atoms with van der Waals surface area (Å²) in [5, 5.41) is 3.69. The molecule has 0 aliphatic heterocycles. The molecule has 2 unspecified atom stereocenters. The molecule has 17 heavy (non-hydrogen) atoms. The number of hydrogen-bond donors (Lipinski definition) is 1. The zero-order valence-corrected chi connectivity index (χ0v) is 12.4. The van der Waals surface area contributed by atoms with Gasteiger partial charge in [0.25, 0.3) is 0 Å². The maximum atomic E-state index is 5.76. The maximum absolute atomic E-state index is 5.76. The van der Waals surface area contributed by atoms with E-state index in [9.17, 15) is 0 Å². The molecule has 2 heteroatoms. The highest BCUT2D eigenvalue weighted by molar-refractivity contribution is 4.87. The van der Waals surface area contributed by atoms with Crippen molar-refractivity contribution in [2.45, 2.75) is 71.9 Å². The summed E-state index contributed by atoms with van der Waals surface area (Å²) in [5.41, 5.74) is 0.212. The fourth-order valence-corrected chi connectivity index (χ4v) is 2.63. The van der Waals surface area contributed by atoms with Crippen LogP contribution in [0.25, 0.3) is 0 Å². The zero-order chi connectivity index (χ0) is 12.9. The van der Waals surface area contributed by atoms with E-state index < -0.39 is 0 Å². The Labute approximate surface area is 108 Å². The molecule has 1 N–H and O–H groups in total. The summed E-state index contributed by atoms with van der Waals surface area (Å²) in [5.74, 6) is 1.01. The first-order chi connectivity index (χ1) is 7.99. The molecule has 1 saturated carbocycles. The van der Waals surface area contributed by atoms with E-state index in [0.717, 1.165) is 12.5 Å². The first-order valence-electron chi connectivity index (χ1n) is 7.25. The highest BCUT2D eigenvalue weighted by Gasteiger charge is 2.33. The van der Waals surface area contributed by atoms with Crippen LogP contribution in [-0.2, 0) is 4.74 Å². The number of nitrogens with one attached hydrogen (secondary N) is 1. The smallest absolute Gasteiger partial charge is 0.0772 e. The standard InChI is InChI=1S/C15H31NO/c1-6-11-16-13(10-9-12-7-8-12)14(17-5)15(2,3)4/h12-14,16H,6-11H2,1-5H3. The lowest BCUT2D eigenvalue weighted by Gasteiger charge is -2.36. The molecule has 0 aromatic heterocycles. The Bertz CT molecular complexity index is 205. The van der Waals surface area contributed by atoms with Crippen LogP contribution in [0, 0.1) is 11.3 Å². The largest absolute Gasteiger partial charge is 0.379 e. The van der Waals surface area contributed by atoms with Gasteiger partial charge < -0.3 is 10.1 Å². The van der Waals surface area contributed by atoms with E-state index in [2.05, 4.69) is 33.0 Å². The molecule has 0 saturated heterocycles. The van der Waals surface area contributed by atoms with Gasteiger partial charge in [0.15, 0.2) is 0 Å². The van der Waals surface area contributed by atoms with E-state index in [0.29, 0.717) is 12.1 Å². The lowest BCUT2D eigenvalue weighted by Crippen LogP contribution is -2.48. The summed E-state index contributed by atoms with van der Waals surface area (Å²) in [7, 11) is 1.85. The van der Waals surface area contributed by atoms with Crippen LogP contribution in [0.4, 0.5) is 0 Å². The molecule has 0 radical (unpaired) electrons. The minimum Gasteiger partial charge on any atom is -0.379 e. The average molecular weight is 241 g/mol. The zero-order valence-electron chi connectivity index (χ0n) is 12.4. The van der Waals surface area contributed by atoms with Crippen molar-refractivity contribution in [3.8, 4) is 0 Å². The second kappa shape index (κ2) is 6.75. The Hall–Kier alpha value is -0.0800. The third kappa shape index (κ3) is 5.39. The SMILES string of the molecule is CCCNC(CCC1CC1)C(OC)C(C)(C)C. The van der Waals surface area contributed by atoms with Crippen molar-refractivity contribution in [3.05, 3.63) is 0 Å². The molecule has 102 valence electrons. The highest BCUT2D eigenvalue weighted by Crippen LogP contribution is 2.35. The van der Waals surface area contributed by atoms with Crippen LogP contribution in [0.2, 0.25) is 0 Å². The molecule has 0 amide bonds. The lowest BCUT2D eigenvalue weighted by atomic mass is 9.82. The van der Waals surface area contributed by atoms with E-state index >= 15 is 0 Å². The fourth-order valence-electron chi connectivity index (χ4n) is 2.63. The number of ether oxygens (including phenoxy) is 1. The molecule has 0 heterocycles. The van der Waals surface area contributed by atoms with Crippen LogP contribution < -0.4 is 5.32 Å². The minimum absolute atomic E-state index is 0.212. The molecule has 1 rings (SSSR count). The van der Waals surface area contributed by atoms with Crippen molar-refractivity contribution >= 4 is 0 Å². The Morgan fingerprint density at radius 1 is 1.29 bits per heavy atom. The van der Waals surface area contributed by atoms with Gasteiger partial charge in [-0.25, -0.2) is 0 Å². The van der Waals surface area contributed by atoms with Crippen LogP contribution in [0.3, 0.4) is 0 Å². The predicted molar refractivity (Wildman–Crippen MR) is 74.3 cm³/mol. The number of methoxy groups -OCH3 is 1. The van der Waals surface area contributed by atoms with Gasteiger partial charge in [0, 0.05) is 13.2 Å². The van der Waals surface area contributed by atoms with Crippen molar-refractivity contribution in [2.75, 3.05) is 13.7 Å². The van der Waals surface area contributed by atoms with E-state index in [-0.39, 0.29) is 5.41 Å². The third-order valence-corrected chi connectivity index (χ3v) is 3.71. The van der Waals surface area contributed by atoms with Crippen LogP contribution in [0.15, 0.2) is 0 Å². The molecular formula is C15H31NO. The lowest BCUT2D eigenvalue weighted by molar-refractivity contribution is -0.0138. The molecule has 1 aliphatic rings. The molecule has 0 aromatic carbocycles. The predicted octanol–water partition coefficient (Wildman–Crippen LogP) is 3.61. The Morgan fingerprint density at radius 2 is 1.94 bits per heavy atom. The molecule has 0 bridgehead atoms. The number of rotatable bonds is 8. The molecule has 0 aromatic rings. The van der Waals surface area contributed by atoms with Gasteiger partial charge in [-0.1, -0.05) is 40.5 Å². The van der Waals surface area contributed by atoms with Gasteiger partial charge >= 0.3 is 0 Å². The van der Waals surface area contributed by atoms with E-state index in [4.69, 9.17) is 4.74 Å². The van der Waals surface area contributed by atoms with Crippen LogP contribution >= 0.6 is 0 Å². The van der Waals surface area contributed by atoms with Crippen molar-refractivity contribution in [2.24, 2.45) is 11.3 Å². The summed E-state index contributed by atoms with van der Waals surface area (Å²) < 4.78 is 5.76. The Balaban J connectivity index is 2.50. The number of hydrogen-bond acceptors (Lipinski definition) is 2. The topological polar surface area (TPSA) is 21.3 Å². The van der Waals surface area contributed by atoms with Gasteiger partial charge in [-0.2, -0.15) is 0 Å². The van der Waals surface area contributed by atoms with Gasteiger partial charge in [0.05, 0.1) is 6.10 Å². The second-order valence-electron chi connectivity index (χ2n) is 6.60. The normalized spacial score (nSPS) is 20.3. The molecule has 2 atom stereocenters. The van der Waals surface area contributed by atoms with Gasteiger partial charge in [-0.3, -0.25) is 0 Å². The minimum atomic E-state index is 0.212. The summed E-state index contributed by atoms with van der Waals surface area (Å²) in [6.45, 7) is 10.2. The van der Waals surface area contributed by atoms with Gasteiger partial charge in [0.2, 0.25) is 0 Å². The highest BCUT2D eigenvalue weighted by atomic mass is 16.5. The van der Waals surface area contributed by atoms with Crippen molar-refractivity contribution < 1.29 is 4.74 Å². The second-order valence-corrected chi connectivity index (χ2v) is 6.60. The summed E-state index contributed by atoms with van der Waals surface area (Å²) in [4.78, 5) is 0. The van der Waals surface area contributed by atoms with Gasteiger partial charge in [-0.05, 0) is 37.1 Å². The Morgan fingerprint density at radius 3 is 2.35 bits per heavy atom. The average Bonchev–Trinajstić information content (AvgIpc) is 3.04. The van der Waals surface area contributed by atoms with Crippen LogP contribution in [-0.4, -0.2) is 25.8 Å². The Kier molecular flexibility index (Phi) is 5.94. The van der Waals surface area contributed by atoms with E-state index in [1.54, 1.807) is 0 Å². The first kappa shape index (κ1) is 15.0. The van der Waals surface area contributed by atoms with E-state index in [1.807, 2.05) is 7.11 Å². The van der Waals surface area contributed by atoms with Crippen molar-refractivity contribution in [1.29, 1.82) is 0 Å². The van der Waals surface area contributed by atoms with Gasteiger partial charge in [0.1, 0.15) is 0 Å². The molecule has 0 spiro atoms. The first-order valence-corrected chi connectivity index (χ1v) is 7.25. The van der Waals surface area contributed by atoms with Crippen molar-refractivity contribution in [1.82, 2.24) is 5.32 Å². The summed E-state index contributed by atoms with van der Waals surface area (Å²) in [6, 6.07) is 0.514. The monoisotopic (exact) mass is 241 g/mol. The summed E-state index contributed by atoms with van der Waals surface area (Å²) >= 11 is 0.